The van der Waals surface area contributed by atoms with Crippen molar-refractivity contribution < 1.29 is 29.6 Å². The van der Waals surface area contributed by atoms with Crippen LogP contribution in [0.2, 0.25) is 5.02 Å². The van der Waals surface area contributed by atoms with Gasteiger partial charge in [0, 0.05) is 25.4 Å². The Morgan fingerprint density at radius 3 is 2.57 bits per heavy atom. The quantitative estimate of drug-likeness (QED) is 0.478. The van der Waals surface area contributed by atoms with Gasteiger partial charge in [-0.15, -0.1) is 0 Å². The highest BCUT2D eigenvalue weighted by Gasteiger charge is 2.29. The van der Waals surface area contributed by atoms with Crippen LogP contribution >= 0.6 is 11.6 Å². The average Bonchev–Trinajstić information content (AvgIpc) is 2.68. The topological polar surface area (TPSA) is 146 Å². The number of nitrogens with two attached hydrogens (primary N) is 1. The van der Waals surface area contributed by atoms with E-state index in [0.29, 0.717) is 19.5 Å². The SMILES string of the molecule is COc1c(C(=O)NCC2CCN(CCCC(C)=O)CC2O)cc(Cl)c(N)c1OC.O. The molecular formula is C20H32ClN3O6. The van der Waals surface area contributed by atoms with Crippen LogP contribution < -0.4 is 20.5 Å². The molecule has 0 aromatic heterocycles. The molecule has 1 aliphatic heterocycles. The predicted molar refractivity (Wildman–Crippen MR) is 115 cm³/mol. The summed E-state index contributed by atoms with van der Waals surface area (Å²) < 4.78 is 10.5. The lowest BCUT2D eigenvalue weighted by molar-refractivity contribution is -0.117. The Morgan fingerprint density at radius 2 is 2.00 bits per heavy atom. The number of methoxy groups -OCH3 is 2. The summed E-state index contributed by atoms with van der Waals surface area (Å²) >= 11 is 6.11. The second-order valence-electron chi connectivity index (χ2n) is 7.32. The third kappa shape index (κ3) is 6.46. The molecule has 9 nitrogen and oxygen atoms in total. The van der Waals surface area contributed by atoms with E-state index in [-0.39, 0.29) is 50.9 Å². The molecule has 6 N–H and O–H groups in total. The van der Waals surface area contributed by atoms with E-state index in [1.807, 2.05) is 0 Å². The number of ketones is 1. The summed E-state index contributed by atoms with van der Waals surface area (Å²) in [4.78, 5) is 25.9. The maximum absolute atomic E-state index is 12.7. The highest BCUT2D eigenvalue weighted by molar-refractivity contribution is 6.34. The van der Waals surface area contributed by atoms with E-state index in [2.05, 4.69) is 10.2 Å². The van der Waals surface area contributed by atoms with Crippen LogP contribution in [0.4, 0.5) is 5.69 Å². The summed E-state index contributed by atoms with van der Waals surface area (Å²) in [5, 5.41) is 13.5. The minimum absolute atomic E-state index is 0. The van der Waals surface area contributed by atoms with Gasteiger partial charge in [-0.25, -0.2) is 0 Å². The number of halogens is 1. The van der Waals surface area contributed by atoms with Gasteiger partial charge in [-0.1, -0.05) is 11.6 Å². The van der Waals surface area contributed by atoms with Crippen LogP contribution in [0.15, 0.2) is 6.07 Å². The lowest BCUT2D eigenvalue weighted by Gasteiger charge is -2.36. The average molecular weight is 446 g/mol. The Kier molecular flexibility index (Phi) is 10.3. The predicted octanol–water partition coefficient (Wildman–Crippen LogP) is 0.896. The van der Waals surface area contributed by atoms with Crippen molar-refractivity contribution in [2.24, 2.45) is 5.92 Å². The number of piperidine rings is 1. The number of Topliss-reactive ketones (excluding diaryl/α,β-unsaturated/α-hetero) is 1. The largest absolute Gasteiger partial charge is 0.492 e. The number of hydrogen-bond acceptors (Lipinski definition) is 7. The van der Waals surface area contributed by atoms with Crippen molar-refractivity contribution in [3.05, 3.63) is 16.7 Å². The smallest absolute Gasteiger partial charge is 0.255 e. The number of carbonyl (C=O) groups excluding carboxylic acids is 2. The number of β-amino-alcohol motifs (C(OH)–C–C–N with tert-alkyl or cyclic N) is 1. The van der Waals surface area contributed by atoms with E-state index in [9.17, 15) is 14.7 Å². The van der Waals surface area contributed by atoms with Gasteiger partial charge < -0.3 is 40.8 Å². The lowest BCUT2D eigenvalue weighted by atomic mass is 9.93. The summed E-state index contributed by atoms with van der Waals surface area (Å²) in [6.45, 7) is 4.05. The molecule has 2 rings (SSSR count). The van der Waals surface area contributed by atoms with Crippen molar-refractivity contribution >= 4 is 29.0 Å². The van der Waals surface area contributed by atoms with Gasteiger partial charge in [0.1, 0.15) is 5.78 Å². The summed E-state index contributed by atoms with van der Waals surface area (Å²) in [6, 6.07) is 1.45. The number of likely N-dealkylation sites (tertiary alicyclic amines) is 1. The Bertz CT molecular complexity index is 746. The van der Waals surface area contributed by atoms with Crippen LogP contribution in [0, 0.1) is 5.92 Å². The molecule has 2 unspecified atom stereocenters. The number of nitrogens with zero attached hydrogens (tertiary/aromatic N) is 1. The van der Waals surface area contributed by atoms with Crippen LogP contribution in [-0.4, -0.2) is 73.7 Å². The molecule has 30 heavy (non-hydrogen) atoms. The van der Waals surface area contributed by atoms with Gasteiger partial charge in [0.25, 0.3) is 5.91 Å². The number of aliphatic hydroxyl groups excluding tert-OH is 1. The van der Waals surface area contributed by atoms with E-state index in [1.54, 1.807) is 6.92 Å². The first-order valence-corrected chi connectivity index (χ1v) is 10.0. The molecule has 1 amide bonds. The Morgan fingerprint density at radius 1 is 1.33 bits per heavy atom. The molecule has 0 radical (unpaired) electrons. The van der Waals surface area contributed by atoms with Crippen LogP contribution in [-0.2, 0) is 4.79 Å². The maximum Gasteiger partial charge on any atom is 0.255 e. The highest BCUT2D eigenvalue weighted by atomic mass is 35.5. The van der Waals surface area contributed by atoms with Crippen molar-refractivity contribution in [1.29, 1.82) is 0 Å². The van der Waals surface area contributed by atoms with Gasteiger partial charge in [0.15, 0.2) is 11.5 Å². The van der Waals surface area contributed by atoms with Gasteiger partial charge in [-0.2, -0.15) is 0 Å². The first-order valence-electron chi connectivity index (χ1n) is 9.66. The molecule has 0 spiro atoms. The molecule has 0 saturated carbocycles. The van der Waals surface area contributed by atoms with E-state index in [4.69, 9.17) is 26.8 Å². The molecule has 1 fully saturated rings. The first kappa shape index (κ1) is 26.0. The Balaban J connectivity index is 0.00000450. The Labute approximate surface area is 181 Å². The number of benzene rings is 1. The molecule has 1 aliphatic rings. The van der Waals surface area contributed by atoms with Crippen molar-refractivity contribution in [1.82, 2.24) is 10.2 Å². The molecule has 170 valence electrons. The van der Waals surface area contributed by atoms with Crippen molar-refractivity contribution in [2.45, 2.75) is 32.3 Å². The monoisotopic (exact) mass is 445 g/mol. The number of ether oxygens (including phenoxy) is 2. The summed E-state index contributed by atoms with van der Waals surface area (Å²) in [6.07, 6.45) is 1.56. The van der Waals surface area contributed by atoms with Gasteiger partial charge in [0.05, 0.1) is 36.6 Å². The maximum atomic E-state index is 12.7. The number of hydrogen-bond donors (Lipinski definition) is 3. The standard InChI is InChI=1S/C20H30ClN3O5.H2O/c1-12(25)5-4-7-24-8-6-13(16(26)11-24)10-23-20(27)14-9-15(21)17(22)19(29-3)18(14)28-2;/h9,13,16,26H,4-8,10-11,22H2,1-3H3,(H,23,27);1H2. The van der Waals surface area contributed by atoms with E-state index in [0.717, 1.165) is 25.9 Å². The van der Waals surface area contributed by atoms with Gasteiger partial charge in [-0.3, -0.25) is 4.79 Å². The van der Waals surface area contributed by atoms with Crippen LogP contribution in [0.5, 0.6) is 11.5 Å². The van der Waals surface area contributed by atoms with Crippen LogP contribution in [0.1, 0.15) is 36.5 Å². The number of anilines is 1. The minimum atomic E-state index is -0.548. The van der Waals surface area contributed by atoms with Crippen LogP contribution in [0.3, 0.4) is 0 Å². The van der Waals surface area contributed by atoms with Crippen LogP contribution in [0.25, 0.3) is 0 Å². The fourth-order valence-corrected chi connectivity index (χ4v) is 3.75. The number of nitrogen functional groups attached to an aromatic ring is 1. The van der Waals surface area contributed by atoms with Gasteiger partial charge >= 0.3 is 0 Å². The van der Waals surface area contributed by atoms with E-state index >= 15 is 0 Å². The molecule has 0 aliphatic carbocycles. The number of aliphatic hydroxyl groups is 1. The van der Waals surface area contributed by atoms with E-state index in [1.165, 1.54) is 20.3 Å². The fraction of sp³-hybridized carbons (Fsp3) is 0.600. The summed E-state index contributed by atoms with van der Waals surface area (Å²) in [5.74, 6) is 0.174. The third-order valence-electron chi connectivity index (χ3n) is 5.21. The molecule has 1 heterocycles. The van der Waals surface area contributed by atoms with Crippen molar-refractivity contribution in [3.8, 4) is 11.5 Å². The number of nitrogens with one attached hydrogen (secondary N) is 1. The molecule has 1 saturated heterocycles. The number of rotatable bonds is 9. The van der Waals surface area contributed by atoms with Crippen molar-refractivity contribution in [2.75, 3.05) is 46.1 Å². The summed E-state index contributed by atoms with van der Waals surface area (Å²) in [7, 11) is 2.85. The number of carbonyl (C=O) groups is 2. The molecule has 10 heteroatoms. The van der Waals surface area contributed by atoms with Crippen molar-refractivity contribution in [3.63, 3.8) is 0 Å². The highest BCUT2D eigenvalue weighted by Crippen LogP contribution is 2.41. The molecular weight excluding hydrogens is 414 g/mol. The first-order chi connectivity index (χ1) is 13.8. The molecule has 0 bridgehead atoms. The third-order valence-corrected chi connectivity index (χ3v) is 5.52. The zero-order valence-electron chi connectivity index (χ0n) is 17.7. The zero-order valence-corrected chi connectivity index (χ0v) is 18.4. The molecule has 2 atom stereocenters. The normalized spacial score (nSPS) is 19.0. The summed E-state index contributed by atoms with van der Waals surface area (Å²) in [5.41, 5.74) is 6.31. The van der Waals surface area contributed by atoms with Gasteiger partial charge in [0.2, 0.25) is 0 Å². The van der Waals surface area contributed by atoms with E-state index < -0.39 is 6.10 Å². The minimum Gasteiger partial charge on any atom is -0.492 e. The fourth-order valence-electron chi connectivity index (χ4n) is 3.55. The molecule has 1 aromatic rings. The van der Waals surface area contributed by atoms with Gasteiger partial charge in [-0.05, 0) is 38.9 Å². The lowest BCUT2D eigenvalue weighted by Crippen LogP contribution is -2.47. The Hall–Kier alpha value is -2.07. The zero-order chi connectivity index (χ0) is 21.6. The second-order valence-corrected chi connectivity index (χ2v) is 7.73. The second kappa shape index (κ2) is 11.9. The molecule has 1 aromatic carbocycles. The number of amides is 1.